The van der Waals surface area contributed by atoms with Gasteiger partial charge in [0.05, 0.1) is 7.11 Å². The summed E-state index contributed by atoms with van der Waals surface area (Å²) in [4.78, 5) is 0. The molecule has 0 amide bonds. The Hall–Kier alpha value is -1.33. The van der Waals surface area contributed by atoms with Crippen LogP contribution in [0.5, 0.6) is 11.5 Å². The molecule has 0 atom stereocenters. The summed E-state index contributed by atoms with van der Waals surface area (Å²) in [5.41, 5.74) is 0.758. The molecule has 74 valence electrons. The van der Waals surface area contributed by atoms with E-state index in [1.165, 1.54) is 7.11 Å². The highest BCUT2D eigenvalue weighted by Crippen LogP contribution is 2.25. The van der Waals surface area contributed by atoms with Crippen molar-refractivity contribution in [2.45, 2.75) is 6.42 Å². The standard InChI is InChI=1S/C11H11ClO2/c1-14-11-6-5-9(8-10(11)13)4-2-3-7-12/h5-6,8,13H,3,7H2,1H3. The summed E-state index contributed by atoms with van der Waals surface area (Å²) in [6.45, 7) is 0. The average molecular weight is 211 g/mol. The third-order valence-corrected chi connectivity index (χ3v) is 1.82. The van der Waals surface area contributed by atoms with Gasteiger partial charge in [-0.05, 0) is 18.2 Å². The summed E-state index contributed by atoms with van der Waals surface area (Å²) < 4.78 is 4.91. The van der Waals surface area contributed by atoms with Gasteiger partial charge in [0, 0.05) is 17.9 Å². The SMILES string of the molecule is COc1ccc(C#CCCCl)cc1O. The molecule has 0 aliphatic carbocycles. The summed E-state index contributed by atoms with van der Waals surface area (Å²) >= 11 is 5.47. The quantitative estimate of drug-likeness (QED) is 0.600. The van der Waals surface area contributed by atoms with Gasteiger partial charge in [-0.25, -0.2) is 0 Å². The minimum Gasteiger partial charge on any atom is -0.504 e. The van der Waals surface area contributed by atoms with E-state index in [1.807, 2.05) is 0 Å². The lowest BCUT2D eigenvalue weighted by Gasteiger charge is -2.01. The first-order valence-corrected chi connectivity index (χ1v) is 4.73. The van der Waals surface area contributed by atoms with Gasteiger partial charge in [-0.3, -0.25) is 0 Å². The third kappa shape index (κ3) is 2.86. The van der Waals surface area contributed by atoms with Crippen LogP contribution in [0.3, 0.4) is 0 Å². The van der Waals surface area contributed by atoms with Crippen LogP contribution in [0.4, 0.5) is 0 Å². The molecule has 0 bridgehead atoms. The second kappa shape index (κ2) is 5.41. The summed E-state index contributed by atoms with van der Waals surface area (Å²) in [6.07, 6.45) is 0.647. The van der Waals surface area contributed by atoms with Gasteiger partial charge in [0.2, 0.25) is 0 Å². The van der Waals surface area contributed by atoms with Gasteiger partial charge < -0.3 is 9.84 Å². The molecule has 0 aromatic heterocycles. The predicted octanol–water partition coefficient (Wildman–Crippen LogP) is 2.38. The van der Waals surface area contributed by atoms with E-state index in [9.17, 15) is 5.11 Å². The third-order valence-electron chi connectivity index (χ3n) is 1.63. The van der Waals surface area contributed by atoms with E-state index in [0.717, 1.165) is 5.56 Å². The highest BCUT2D eigenvalue weighted by molar-refractivity contribution is 6.18. The number of alkyl halides is 1. The molecule has 0 radical (unpaired) electrons. The number of benzene rings is 1. The first kappa shape index (κ1) is 10.7. The topological polar surface area (TPSA) is 29.5 Å². The molecule has 0 aliphatic rings. The van der Waals surface area contributed by atoms with E-state index in [2.05, 4.69) is 11.8 Å². The molecule has 2 nitrogen and oxygen atoms in total. The van der Waals surface area contributed by atoms with Crippen LogP contribution in [0.2, 0.25) is 0 Å². The van der Waals surface area contributed by atoms with Crippen molar-refractivity contribution >= 4 is 11.6 Å². The monoisotopic (exact) mass is 210 g/mol. The van der Waals surface area contributed by atoms with Gasteiger partial charge in [-0.15, -0.1) is 11.6 Å². The smallest absolute Gasteiger partial charge is 0.160 e. The summed E-state index contributed by atoms with van der Waals surface area (Å²) in [6, 6.07) is 5.04. The predicted molar refractivity (Wildman–Crippen MR) is 56.9 cm³/mol. The Morgan fingerprint density at radius 1 is 1.50 bits per heavy atom. The van der Waals surface area contributed by atoms with Crippen molar-refractivity contribution in [2.24, 2.45) is 0 Å². The van der Waals surface area contributed by atoms with Crippen LogP contribution in [0.15, 0.2) is 18.2 Å². The number of aromatic hydroxyl groups is 1. The fourth-order valence-electron chi connectivity index (χ4n) is 0.980. The maximum Gasteiger partial charge on any atom is 0.160 e. The Morgan fingerprint density at radius 3 is 2.86 bits per heavy atom. The maximum atomic E-state index is 9.43. The first-order valence-electron chi connectivity index (χ1n) is 4.19. The van der Waals surface area contributed by atoms with Gasteiger partial charge in [0.1, 0.15) is 0 Å². The number of methoxy groups -OCH3 is 1. The number of phenols is 1. The van der Waals surface area contributed by atoms with Gasteiger partial charge >= 0.3 is 0 Å². The van der Waals surface area contributed by atoms with Crippen LogP contribution >= 0.6 is 11.6 Å². The molecule has 1 aromatic rings. The van der Waals surface area contributed by atoms with Crippen LogP contribution in [-0.4, -0.2) is 18.1 Å². The number of rotatable bonds is 2. The number of hydrogen-bond acceptors (Lipinski definition) is 2. The van der Waals surface area contributed by atoms with Gasteiger partial charge in [0.25, 0.3) is 0 Å². The number of hydrogen-bond donors (Lipinski definition) is 1. The van der Waals surface area contributed by atoms with Crippen LogP contribution in [-0.2, 0) is 0 Å². The van der Waals surface area contributed by atoms with E-state index in [-0.39, 0.29) is 5.75 Å². The lowest BCUT2D eigenvalue weighted by Crippen LogP contribution is -1.84. The molecular weight excluding hydrogens is 200 g/mol. The van der Waals surface area contributed by atoms with Crippen molar-refractivity contribution in [3.8, 4) is 23.3 Å². The Kier molecular flexibility index (Phi) is 4.15. The molecule has 0 spiro atoms. The molecule has 1 N–H and O–H groups in total. The van der Waals surface area contributed by atoms with E-state index < -0.39 is 0 Å². The average Bonchev–Trinajstić information content (AvgIpc) is 2.18. The molecule has 0 heterocycles. The normalized spacial score (nSPS) is 9.00. The Balaban J connectivity index is 2.82. The molecule has 0 saturated carbocycles. The molecule has 3 heteroatoms. The molecule has 0 aliphatic heterocycles. The zero-order valence-corrected chi connectivity index (χ0v) is 8.64. The Morgan fingerprint density at radius 2 is 2.29 bits per heavy atom. The minimum absolute atomic E-state index is 0.102. The summed E-state index contributed by atoms with van der Waals surface area (Å²) in [7, 11) is 1.51. The van der Waals surface area contributed by atoms with Gasteiger partial charge in [-0.2, -0.15) is 0 Å². The van der Waals surface area contributed by atoms with Crippen molar-refractivity contribution in [3.05, 3.63) is 23.8 Å². The van der Waals surface area contributed by atoms with Gasteiger partial charge in [0.15, 0.2) is 11.5 Å². The highest BCUT2D eigenvalue weighted by atomic mass is 35.5. The van der Waals surface area contributed by atoms with Crippen molar-refractivity contribution in [3.63, 3.8) is 0 Å². The molecule has 1 aromatic carbocycles. The summed E-state index contributed by atoms with van der Waals surface area (Å²) in [5, 5.41) is 9.43. The molecule has 0 unspecified atom stereocenters. The second-order valence-corrected chi connectivity index (χ2v) is 3.01. The van der Waals surface area contributed by atoms with E-state index in [4.69, 9.17) is 16.3 Å². The minimum atomic E-state index is 0.102. The lowest BCUT2D eigenvalue weighted by atomic mass is 10.2. The van der Waals surface area contributed by atoms with Crippen LogP contribution in [0.25, 0.3) is 0 Å². The molecule has 0 fully saturated rings. The zero-order valence-electron chi connectivity index (χ0n) is 7.88. The first-order chi connectivity index (χ1) is 6.77. The van der Waals surface area contributed by atoms with E-state index in [1.54, 1.807) is 18.2 Å². The molecule has 1 rings (SSSR count). The number of halogens is 1. The fourth-order valence-corrected chi connectivity index (χ4v) is 1.07. The molecule has 14 heavy (non-hydrogen) atoms. The van der Waals surface area contributed by atoms with Crippen LogP contribution in [0.1, 0.15) is 12.0 Å². The van der Waals surface area contributed by atoms with E-state index in [0.29, 0.717) is 18.1 Å². The van der Waals surface area contributed by atoms with Crippen molar-refractivity contribution in [1.29, 1.82) is 0 Å². The Bertz CT molecular complexity index is 363. The van der Waals surface area contributed by atoms with Crippen molar-refractivity contribution < 1.29 is 9.84 Å². The Labute approximate surface area is 88.5 Å². The van der Waals surface area contributed by atoms with Gasteiger partial charge in [-0.1, -0.05) is 11.8 Å². The maximum absolute atomic E-state index is 9.43. The summed E-state index contributed by atoms with van der Waals surface area (Å²) in [5.74, 6) is 6.85. The molecule has 0 saturated heterocycles. The van der Waals surface area contributed by atoms with Crippen LogP contribution < -0.4 is 4.74 Å². The second-order valence-electron chi connectivity index (χ2n) is 2.63. The zero-order chi connectivity index (χ0) is 10.4. The van der Waals surface area contributed by atoms with Crippen LogP contribution in [0, 0.1) is 11.8 Å². The highest BCUT2D eigenvalue weighted by Gasteiger charge is 1.99. The number of ether oxygens (including phenoxy) is 1. The fraction of sp³-hybridized carbons (Fsp3) is 0.273. The number of phenolic OH excluding ortho intramolecular Hbond substituents is 1. The lowest BCUT2D eigenvalue weighted by molar-refractivity contribution is 0.373. The molecular formula is C11H11ClO2. The largest absolute Gasteiger partial charge is 0.504 e. The van der Waals surface area contributed by atoms with Crippen molar-refractivity contribution in [2.75, 3.05) is 13.0 Å². The van der Waals surface area contributed by atoms with E-state index >= 15 is 0 Å². The van der Waals surface area contributed by atoms with Crippen molar-refractivity contribution in [1.82, 2.24) is 0 Å².